The largest absolute Gasteiger partial charge is 0.494 e. The first-order valence-corrected chi connectivity index (χ1v) is 22.2. The van der Waals surface area contributed by atoms with Gasteiger partial charge in [0.25, 0.3) is 0 Å². The number of rotatable bonds is 30. The summed E-state index contributed by atoms with van der Waals surface area (Å²) in [5.41, 5.74) is 4.29. The van der Waals surface area contributed by atoms with E-state index in [0.29, 0.717) is 37.9 Å². The van der Waals surface area contributed by atoms with Crippen molar-refractivity contribution in [2.45, 2.75) is 77.4 Å². The smallest absolute Gasteiger partial charge is 0.330 e. The first-order valence-electron chi connectivity index (χ1n) is 22.2. The van der Waals surface area contributed by atoms with E-state index in [9.17, 15) is 19.2 Å². The Morgan fingerprint density at radius 3 is 0.909 bits per heavy atom. The number of ether oxygens (including phenoxy) is 8. The molecule has 12 nitrogen and oxygen atoms in total. The summed E-state index contributed by atoms with van der Waals surface area (Å²) in [6.45, 7) is 19.7. The zero-order valence-corrected chi connectivity index (χ0v) is 38.3. The van der Waals surface area contributed by atoms with Crippen LogP contribution in [0.25, 0.3) is 22.3 Å². The molecule has 66 heavy (non-hydrogen) atoms. The van der Waals surface area contributed by atoms with Crippen LogP contribution in [0.1, 0.15) is 65.2 Å². The third-order valence-corrected chi connectivity index (χ3v) is 9.46. The molecule has 0 fully saturated rings. The van der Waals surface area contributed by atoms with Crippen LogP contribution in [0.2, 0.25) is 0 Å². The number of unbranched alkanes of at least 4 members (excludes halogenated alkanes) is 6. The van der Waals surface area contributed by atoms with E-state index in [4.69, 9.17) is 37.9 Å². The van der Waals surface area contributed by atoms with Crippen molar-refractivity contribution >= 4 is 23.9 Å². The third kappa shape index (κ3) is 22.5. The summed E-state index contributed by atoms with van der Waals surface area (Å²) >= 11 is 0. The fourth-order valence-electron chi connectivity index (χ4n) is 5.92. The van der Waals surface area contributed by atoms with Crippen LogP contribution in [0, 0.1) is 0 Å². The van der Waals surface area contributed by atoms with E-state index < -0.39 is 11.9 Å². The van der Waals surface area contributed by atoms with Gasteiger partial charge in [0, 0.05) is 24.3 Å². The average molecular weight is 905 g/mol. The molecule has 0 bridgehead atoms. The van der Waals surface area contributed by atoms with Crippen molar-refractivity contribution in [2.75, 3.05) is 39.6 Å². The van der Waals surface area contributed by atoms with Crippen LogP contribution in [-0.4, -0.2) is 75.7 Å². The van der Waals surface area contributed by atoms with Crippen molar-refractivity contribution in [2.24, 2.45) is 0 Å². The van der Waals surface area contributed by atoms with Gasteiger partial charge in [0.05, 0.1) is 26.4 Å². The molecule has 0 N–H and O–H groups in total. The zero-order valence-electron chi connectivity index (χ0n) is 38.3. The highest BCUT2D eigenvalue weighted by Gasteiger charge is 2.10. The Kier molecular flexibility index (Phi) is 25.6. The van der Waals surface area contributed by atoms with Gasteiger partial charge in [-0.05, 0) is 136 Å². The second-order valence-corrected chi connectivity index (χ2v) is 14.9. The van der Waals surface area contributed by atoms with E-state index in [1.54, 1.807) is 13.8 Å². The van der Waals surface area contributed by atoms with Crippen LogP contribution >= 0.6 is 0 Å². The van der Waals surface area contributed by atoms with Gasteiger partial charge >= 0.3 is 23.9 Å². The molecular weight excluding hydrogens is 841 g/mol. The van der Waals surface area contributed by atoms with E-state index in [-0.39, 0.29) is 37.4 Å². The van der Waals surface area contributed by atoms with Crippen molar-refractivity contribution in [3.63, 3.8) is 0 Å². The fraction of sp³-hybridized carbons (Fsp3) is 0.333. The van der Waals surface area contributed by atoms with Crippen LogP contribution in [-0.2, 0) is 38.1 Å². The van der Waals surface area contributed by atoms with Gasteiger partial charge < -0.3 is 37.9 Å². The molecule has 4 aromatic rings. The molecule has 4 rings (SSSR count). The Bertz CT molecular complexity index is 1920. The highest BCUT2D eigenvalue weighted by atomic mass is 16.6. The molecule has 4 aromatic carbocycles. The average Bonchev–Trinajstić information content (AvgIpc) is 3.34. The highest BCUT2D eigenvalue weighted by molar-refractivity contribution is 5.82. The molecule has 0 saturated carbocycles. The zero-order chi connectivity index (χ0) is 47.8. The molecule has 12 heteroatoms. The lowest BCUT2D eigenvalue weighted by molar-refractivity contribution is -0.144. The number of hydrogen-bond acceptors (Lipinski definition) is 12. The van der Waals surface area contributed by atoms with Gasteiger partial charge in [0.2, 0.25) is 0 Å². The van der Waals surface area contributed by atoms with Crippen LogP contribution in [0.3, 0.4) is 0 Å². The van der Waals surface area contributed by atoms with Crippen LogP contribution in [0.5, 0.6) is 23.0 Å². The molecule has 2 unspecified atom stereocenters. The van der Waals surface area contributed by atoms with Crippen LogP contribution < -0.4 is 18.9 Å². The topological polar surface area (TPSA) is 142 Å². The minimum atomic E-state index is -0.471. The number of carbonyl (C=O) groups excluding carboxylic acids is 4. The SMILES string of the molecule is C=CC(=O)OC(C)COc1ccc(-c2ccc(OCC(C)OC(=O)C=C)cc2)cc1.C=CC(=O)OCCCCCCOc1ccc(-c2ccc(OCCCCCCOC(=O)C=C)cc2)cc1. The molecule has 0 aromatic heterocycles. The van der Waals surface area contributed by atoms with E-state index in [1.807, 2.05) is 72.8 Å². The summed E-state index contributed by atoms with van der Waals surface area (Å²) in [6, 6.07) is 31.4. The van der Waals surface area contributed by atoms with Crippen molar-refractivity contribution in [1.29, 1.82) is 0 Å². The maximum Gasteiger partial charge on any atom is 0.330 e. The standard InChI is InChI=1S/C30H38O6.C24H26O6/c1-3-29(31)35-23-11-7-5-9-21-33-27-17-13-25(14-18-27)26-15-19-28(20-16-26)34-22-10-6-8-12-24-36-30(32)4-2;1-5-23(25)29-17(3)15-27-21-11-7-19(8-12-21)20-9-13-22(14-10-20)28-16-18(4)30-24(26)6-2/h3-4,13-20H,1-2,5-12,21-24H2;5-14,17-18H,1-2,15-16H2,3-4H3. The van der Waals surface area contributed by atoms with Gasteiger partial charge in [0.1, 0.15) is 48.4 Å². The van der Waals surface area contributed by atoms with E-state index in [2.05, 4.69) is 50.6 Å². The summed E-state index contributed by atoms with van der Waals surface area (Å²) in [6.07, 6.45) is 11.6. The minimum absolute atomic E-state index is 0.255. The maximum atomic E-state index is 11.2. The molecule has 0 amide bonds. The van der Waals surface area contributed by atoms with Gasteiger partial charge in [-0.2, -0.15) is 0 Å². The van der Waals surface area contributed by atoms with Gasteiger partial charge in [-0.25, -0.2) is 19.2 Å². The first-order chi connectivity index (χ1) is 32.0. The summed E-state index contributed by atoms with van der Waals surface area (Å²) < 4.78 is 43.0. The summed E-state index contributed by atoms with van der Waals surface area (Å²) in [5, 5.41) is 0. The monoisotopic (exact) mass is 904 g/mol. The fourth-order valence-corrected chi connectivity index (χ4v) is 5.92. The van der Waals surface area contributed by atoms with Crippen molar-refractivity contribution < 1.29 is 57.1 Å². The Balaban J connectivity index is 0.000000356. The van der Waals surface area contributed by atoms with Crippen molar-refractivity contribution in [3.05, 3.63) is 148 Å². The molecule has 0 aliphatic heterocycles. The summed E-state index contributed by atoms with van der Waals surface area (Å²) in [7, 11) is 0. The maximum absolute atomic E-state index is 11.2. The van der Waals surface area contributed by atoms with Gasteiger partial charge in [0.15, 0.2) is 0 Å². The lowest BCUT2D eigenvalue weighted by Gasteiger charge is -2.14. The Morgan fingerprint density at radius 2 is 0.636 bits per heavy atom. The first kappa shape index (κ1) is 53.3. The molecule has 0 heterocycles. The number of carbonyl (C=O) groups is 4. The lowest BCUT2D eigenvalue weighted by Crippen LogP contribution is -2.20. The minimum Gasteiger partial charge on any atom is -0.494 e. The van der Waals surface area contributed by atoms with E-state index in [1.165, 1.54) is 12.2 Å². The number of esters is 4. The molecule has 2 atom stereocenters. The van der Waals surface area contributed by atoms with E-state index >= 15 is 0 Å². The molecule has 0 radical (unpaired) electrons. The second-order valence-electron chi connectivity index (χ2n) is 14.9. The molecule has 0 saturated heterocycles. The highest BCUT2D eigenvalue weighted by Crippen LogP contribution is 2.26. The second kappa shape index (κ2) is 31.7. The molecule has 0 aliphatic carbocycles. The Morgan fingerprint density at radius 1 is 0.379 bits per heavy atom. The normalized spacial score (nSPS) is 11.2. The Hall–Kier alpha value is -7.08. The van der Waals surface area contributed by atoms with Crippen LogP contribution in [0.4, 0.5) is 0 Å². The Labute approximate surface area is 389 Å². The van der Waals surface area contributed by atoms with Gasteiger partial charge in [-0.15, -0.1) is 0 Å². The molecule has 0 spiro atoms. The van der Waals surface area contributed by atoms with Crippen molar-refractivity contribution in [3.8, 4) is 45.3 Å². The third-order valence-electron chi connectivity index (χ3n) is 9.46. The number of benzene rings is 4. The van der Waals surface area contributed by atoms with Crippen molar-refractivity contribution in [1.82, 2.24) is 0 Å². The number of hydrogen-bond donors (Lipinski definition) is 0. The molecule has 352 valence electrons. The summed E-state index contributed by atoms with van der Waals surface area (Å²) in [5.74, 6) is 1.41. The van der Waals surface area contributed by atoms with Gasteiger partial charge in [-0.3, -0.25) is 0 Å². The van der Waals surface area contributed by atoms with Gasteiger partial charge in [-0.1, -0.05) is 74.8 Å². The molecular formula is C54H64O12. The predicted molar refractivity (Wildman–Crippen MR) is 256 cm³/mol. The predicted octanol–water partition coefficient (Wildman–Crippen LogP) is 11.0. The quantitative estimate of drug-likeness (QED) is 0.0213. The lowest BCUT2D eigenvalue weighted by atomic mass is 10.1. The molecule has 0 aliphatic rings. The van der Waals surface area contributed by atoms with Crippen LogP contribution in [0.15, 0.2) is 148 Å². The summed E-state index contributed by atoms with van der Waals surface area (Å²) in [4.78, 5) is 44.2. The van der Waals surface area contributed by atoms with E-state index in [0.717, 1.165) is 97.3 Å².